The first-order chi connectivity index (χ1) is 16.6. The Balaban J connectivity index is 0.00000241. The van der Waals surface area contributed by atoms with Crippen molar-refractivity contribution < 1.29 is 19.1 Å². The number of aromatic nitrogens is 2. The maximum atomic E-state index is 12.8. The average molecular weight is 556 g/mol. The van der Waals surface area contributed by atoms with Gasteiger partial charge in [0.15, 0.2) is 0 Å². The molecule has 2 aromatic rings. The summed E-state index contributed by atoms with van der Waals surface area (Å²) in [6.45, 7) is 8.05. The summed E-state index contributed by atoms with van der Waals surface area (Å²) in [5.41, 5.74) is 3.41. The monoisotopic (exact) mass is 554 g/mol. The van der Waals surface area contributed by atoms with Crippen molar-refractivity contribution in [3.05, 3.63) is 29.6 Å². The molecular weight excluding hydrogens is 519 g/mol. The molecule has 1 aromatic carbocycles. The first-order valence-corrected chi connectivity index (χ1v) is 12.2. The number of ether oxygens (including phenoxy) is 1. The number of nitrogens with one attached hydrogen (secondary N) is 3. The number of fused-ring (bicyclic) bond motifs is 1. The number of nitrogens with zero attached hydrogens (tertiary/aromatic N) is 3. The van der Waals surface area contributed by atoms with Gasteiger partial charge in [0.1, 0.15) is 5.82 Å². The fourth-order valence-electron chi connectivity index (χ4n) is 4.48. The van der Waals surface area contributed by atoms with Gasteiger partial charge in [-0.1, -0.05) is 38.3 Å². The summed E-state index contributed by atoms with van der Waals surface area (Å²) in [6.07, 6.45) is 3.57. The van der Waals surface area contributed by atoms with E-state index in [1.54, 1.807) is 0 Å². The van der Waals surface area contributed by atoms with Crippen LogP contribution in [0.3, 0.4) is 0 Å². The molecular formula is C25H36Cl2N6O4. The summed E-state index contributed by atoms with van der Waals surface area (Å²) in [5.74, 6) is -0.147. The molecule has 4 rings (SSSR count). The Morgan fingerprint density at radius 2 is 1.78 bits per heavy atom. The predicted octanol–water partition coefficient (Wildman–Crippen LogP) is 3.17. The number of aryl methyl sites for hydroxylation is 1. The lowest BCUT2D eigenvalue weighted by atomic mass is 9.89. The third-order valence-electron chi connectivity index (χ3n) is 6.74. The largest absolute Gasteiger partial charge is 0.365 e. The van der Waals surface area contributed by atoms with Crippen LogP contribution in [0, 0.1) is 12.8 Å². The van der Waals surface area contributed by atoms with Gasteiger partial charge in [-0.2, -0.15) is 0 Å². The molecule has 1 saturated carbocycles. The highest BCUT2D eigenvalue weighted by atomic mass is 35.5. The molecule has 10 nitrogen and oxygen atoms in total. The highest BCUT2D eigenvalue weighted by Gasteiger charge is 2.59. The molecule has 1 saturated heterocycles. The van der Waals surface area contributed by atoms with E-state index in [9.17, 15) is 14.4 Å². The van der Waals surface area contributed by atoms with Crippen LogP contribution in [0.2, 0.25) is 0 Å². The van der Waals surface area contributed by atoms with Gasteiger partial charge >= 0.3 is 0 Å². The van der Waals surface area contributed by atoms with Gasteiger partial charge in [0, 0.05) is 31.1 Å². The number of halogens is 2. The molecule has 37 heavy (non-hydrogen) atoms. The molecule has 0 radical (unpaired) electrons. The fourth-order valence-corrected chi connectivity index (χ4v) is 4.48. The van der Waals surface area contributed by atoms with E-state index in [1.807, 2.05) is 39.0 Å². The Morgan fingerprint density at radius 3 is 2.41 bits per heavy atom. The van der Waals surface area contributed by atoms with Crippen LogP contribution >= 0.6 is 24.8 Å². The second-order valence-electron chi connectivity index (χ2n) is 9.97. The Kier molecular flexibility index (Phi) is 10.2. The van der Waals surface area contributed by atoms with Gasteiger partial charge < -0.3 is 15.4 Å². The van der Waals surface area contributed by atoms with Gasteiger partial charge in [-0.05, 0) is 44.7 Å². The number of carbonyl (C=O) groups excluding carboxylic acids is 3. The van der Waals surface area contributed by atoms with Crippen molar-refractivity contribution in [3.63, 3.8) is 0 Å². The zero-order valence-electron chi connectivity index (χ0n) is 21.8. The molecule has 12 heteroatoms. The number of rotatable bonds is 8. The SMILES string of the molecule is COC1(C)C(=O)N(N[C@@H]2CCCC[C@@H]2Nc2nc(C(=O)NCC(C)C)nc3ccc(C)cc23)C1=O.Cl.Cl. The van der Waals surface area contributed by atoms with Crippen molar-refractivity contribution in [2.45, 2.75) is 71.1 Å². The molecule has 0 spiro atoms. The van der Waals surface area contributed by atoms with Crippen LogP contribution in [0.25, 0.3) is 10.9 Å². The van der Waals surface area contributed by atoms with Crippen molar-refractivity contribution in [2.24, 2.45) is 5.92 Å². The number of benzene rings is 1. The number of hydrazine groups is 1. The average Bonchev–Trinajstić information content (AvgIpc) is 2.85. The standard InChI is InChI=1S/C25H34N6O4.2ClH/c1-14(2)13-26-22(32)21-27-17-11-10-15(3)12-16(17)20(29-21)28-18-8-6-7-9-19(18)30-31-23(33)25(4,35-5)24(31)34;;/h10-12,14,18-19,30H,6-9,13H2,1-5H3,(H,26,32)(H,27,28,29);2*1H/t18-,19+;;/m0../s1. The number of β-lactam (4-membered cyclic amide) rings is 2. The van der Waals surface area contributed by atoms with Crippen LogP contribution < -0.4 is 16.1 Å². The maximum absolute atomic E-state index is 12.8. The minimum atomic E-state index is -1.43. The van der Waals surface area contributed by atoms with E-state index >= 15 is 0 Å². The van der Waals surface area contributed by atoms with Gasteiger partial charge in [-0.3, -0.25) is 14.4 Å². The van der Waals surface area contributed by atoms with Crippen LogP contribution in [0.4, 0.5) is 5.82 Å². The maximum Gasteiger partial charge on any atom is 0.289 e. The number of carbonyl (C=O) groups is 3. The van der Waals surface area contributed by atoms with Crippen molar-refractivity contribution >= 4 is 59.3 Å². The lowest BCUT2D eigenvalue weighted by Gasteiger charge is -2.45. The van der Waals surface area contributed by atoms with E-state index in [2.05, 4.69) is 26.0 Å². The normalized spacial score (nSPS) is 20.6. The topological polar surface area (TPSA) is 126 Å². The quantitative estimate of drug-likeness (QED) is 0.335. The zero-order chi connectivity index (χ0) is 25.3. The van der Waals surface area contributed by atoms with Crippen LogP contribution in [-0.4, -0.2) is 64.0 Å². The first kappa shape index (κ1) is 30.7. The molecule has 3 N–H and O–H groups in total. The summed E-state index contributed by atoms with van der Waals surface area (Å²) >= 11 is 0. The van der Waals surface area contributed by atoms with Crippen molar-refractivity contribution in [2.75, 3.05) is 19.0 Å². The molecule has 0 bridgehead atoms. The Morgan fingerprint density at radius 1 is 1.14 bits per heavy atom. The van der Waals surface area contributed by atoms with Crippen LogP contribution in [-0.2, 0) is 14.3 Å². The van der Waals surface area contributed by atoms with Crippen molar-refractivity contribution in [3.8, 4) is 0 Å². The molecule has 1 aromatic heterocycles. The van der Waals surface area contributed by atoms with E-state index in [4.69, 9.17) is 4.74 Å². The van der Waals surface area contributed by atoms with Gasteiger partial charge in [-0.25, -0.2) is 20.4 Å². The molecule has 2 aliphatic rings. The Labute approximate surface area is 229 Å². The van der Waals surface area contributed by atoms with Crippen molar-refractivity contribution in [1.82, 2.24) is 25.7 Å². The third kappa shape index (κ3) is 6.14. The Bertz CT molecular complexity index is 1150. The number of hydrogen-bond acceptors (Lipinski definition) is 8. The summed E-state index contributed by atoms with van der Waals surface area (Å²) < 4.78 is 5.12. The molecule has 3 amide bonds. The van der Waals surface area contributed by atoms with E-state index in [0.717, 1.165) is 41.6 Å². The molecule has 204 valence electrons. The lowest BCUT2D eigenvalue weighted by molar-refractivity contribution is -0.196. The van der Waals surface area contributed by atoms with Gasteiger partial charge in [0.25, 0.3) is 17.7 Å². The second-order valence-corrected chi connectivity index (χ2v) is 9.97. The van der Waals surface area contributed by atoms with E-state index in [0.29, 0.717) is 23.8 Å². The van der Waals surface area contributed by atoms with Crippen LogP contribution in [0.15, 0.2) is 18.2 Å². The number of anilines is 1. The summed E-state index contributed by atoms with van der Waals surface area (Å²) in [4.78, 5) is 46.9. The summed E-state index contributed by atoms with van der Waals surface area (Å²) in [6, 6.07) is 5.55. The minimum absolute atomic E-state index is 0. The number of methoxy groups -OCH3 is 1. The van der Waals surface area contributed by atoms with E-state index < -0.39 is 17.4 Å². The van der Waals surface area contributed by atoms with E-state index in [1.165, 1.54) is 14.0 Å². The second kappa shape index (κ2) is 12.3. The summed E-state index contributed by atoms with van der Waals surface area (Å²) in [5, 5.41) is 8.26. The molecule has 1 aliphatic heterocycles. The third-order valence-corrected chi connectivity index (χ3v) is 6.74. The van der Waals surface area contributed by atoms with Crippen LogP contribution in [0.5, 0.6) is 0 Å². The van der Waals surface area contributed by atoms with Crippen LogP contribution in [0.1, 0.15) is 62.6 Å². The van der Waals surface area contributed by atoms with Gasteiger partial charge in [-0.15, -0.1) is 24.8 Å². The van der Waals surface area contributed by atoms with Gasteiger partial charge in [0.2, 0.25) is 11.4 Å². The highest BCUT2D eigenvalue weighted by molar-refractivity contribution is 6.24. The molecule has 0 unspecified atom stereocenters. The first-order valence-electron chi connectivity index (χ1n) is 12.2. The Hall–Kier alpha value is -2.53. The van der Waals surface area contributed by atoms with Crippen molar-refractivity contribution in [1.29, 1.82) is 0 Å². The molecule has 2 atom stereocenters. The zero-order valence-corrected chi connectivity index (χ0v) is 23.4. The molecule has 2 heterocycles. The van der Waals surface area contributed by atoms with Gasteiger partial charge in [0.05, 0.1) is 5.52 Å². The fraction of sp³-hybridized carbons (Fsp3) is 0.560. The minimum Gasteiger partial charge on any atom is -0.365 e. The predicted molar refractivity (Wildman–Crippen MR) is 146 cm³/mol. The highest BCUT2D eigenvalue weighted by Crippen LogP contribution is 2.30. The molecule has 2 fully saturated rings. The number of hydrogen-bond donors (Lipinski definition) is 3. The number of amides is 3. The summed E-state index contributed by atoms with van der Waals surface area (Å²) in [7, 11) is 1.36. The lowest BCUT2D eigenvalue weighted by Crippen LogP contribution is -2.76. The smallest absolute Gasteiger partial charge is 0.289 e. The van der Waals surface area contributed by atoms with E-state index in [-0.39, 0.29) is 48.6 Å². The molecule has 1 aliphatic carbocycles. The number of imide groups is 1.